The maximum absolute atomic E-state index is 6.01. The lowest BCUT2D eigenvalue weighted by atomic mass is 9.80. The van der Waals surface area contributed by atoms with E-state index in [9.17, 15) is 0 Å². The summed E-state index contributed by atoms with van der Waals surface area (Å²) in [5.41, 5.74) is -0.396. The minimum atomic E-state index is -0.531. The van der Waals surface area contributed by atoms with Crippen LogP contribution >= 0.6 is 0 Å². The second-order valence-electron chi connectivity index (χ2n) is 5.65. The van der Waals surface area contributed by atoms with Gasteiger partial charge in [0, 0.05) is 0 Å². The number of hydrogen-bond donors (Lipinski definition) is 0. The maximum atomic E-state index is 6.01. The van der Waals surface area contributed by atoms with Gasteiger partial charge in [-0.15, -0.1) is 0 Å². The fraction of sp³-hybridized carbons (Fsp3) is 0.833. The molecule has 5 rings (SSSR count). The fourth-order valence-electron chi connectivity index (χ4n) is 3.10. The van der Waals surface area contributed by atoms with Gasteiger partial charge in [-0.1, -0.05) is 6.08 Å². The van der Waals surface area contributed by atoms with Gasteiger partial charge in [0.1, 0.15) is 18.3 Å². The lowest BCUT2D eigenvalue weighted by molar-refractivity contribution is -0.427. The molecule has 2 aliphatic carbocycles. The number of fused-ring (bicyclic) bond motifs is 1. The van der Waals surface area contributed by atoms with Crippen LogP contribution in [0.5, 0.6) is 0 Å². The van der Waals surface area contributed by atoms with E-state index < -0.39 is 11.4 Å². The van der Waals surface area contributed by atoms with Crippen molar-refractivity contribution in [1.82, 2.24) is 0 Å². The van der Waals surface area contributed by atoms with Crippen molar-refractivity contribution < 1.29 is 19.2 Å². The van der Waals surface area contributed by atoms with E-state index in [1.165, 1.54) is 12.8 Å². The van der Waals surface area contributed by atoms with Crippen molar-refractivity contribution in [3.05, 3.63) is 12.2 Å². The first-order chi connectivity index (χ1) is 7.61. The van der Waals surface area contributed by atoms with E-state index in [0.29, 0.717) is 5.92 Å². The molecule has 0 amide bonds. The van der Waals surface area contributed by atoms with Crippen molar-refractivity contribution in [2.45, 2.75) is 56.4 Å². The van der Waals surface area contributed by atoms with Crippen molar-refractivity contribution in [2.75, 3.05) is 0 Å². The Kier molecular flexibility index (Phi) is 1.62. The molecule has 0 spiro atoms. The number of hydrogen-bond acceptors (Lipinski definition) is 4. The highest BCUT2D eigenvalue weighted by Crippen LogP contribution is 2.55. The Hall–Kier alpha value is -0.420. The zero-order chi connectivity index (χ0) is 11.0. The Balaban J connectivity index is 1.77. The van der Waals surface area contributed by atoms with Gasteiger partial charge in [-0.25, -0.2) is 9.78 Å². The summed E-state index contributed by atoms with van der Waals surface area (Å²) >= 11 is 0. The van der Waals surface area contributed by atoms with Gasteiger partial charge in [0.05, 0.1) is 0 Å². The van der Waals surface area contributed by atoms with Crippen LogP contribution in [0.25, 0.3) is 0 Å². The van der Waals surface area contributed by atoms with Gasteiger partial charge < -0.3 is 9.47 Å². The highest BCUT2D eigenvalue weighted by Gasteiger charge is 2.66. The molecule has 3 aliphatic heterocycles. The highest BCUT2D eigenvalue weighted by atomic mass is 17.2. The Morgan fingerprint density at radius 3 is 2.62 bits per heavy atom. The van der Waals surface area contributed by atoms with Crippen LogP contribution in [0.15, 0.2) is 12.2 Å². The average Bonchev–Trinajstić information content (AvgIpc) is 3.03. The zero-order valence-electron chi connectivity index (χ0n) is 9.51. The second kappa shape index (κ2) is 2.70. The summed E-state index contributed by atoms with van der Waals surface area (Å²) in [6, 6.07) is 0. The molecule has 4 nitrogen and oxygen atoms in total. The van der Waals surface area contributed by atoms with Gasteiger partial charge in [-0.3, -0.25) is 0 Å². The summed E-state index contributed by atoms with van der Waals surface area (Å²) in [5, 5.41) is 0. The van der Waals surface area contributed by atoms with Crippen molar-refractivity contribution in [3.8, 4) is 0 Å². The van der Waals surface area contributed by atoms with Gasteiger partial charge in [0.25, 0.3) is 0 Å². The number of rotatable bonds is 1. The monoisotopic (exact) mass is 224 g/mol. The van der Waals surface area contributed by atoms with Gasteiger partial charge in [0.15, 0.2) is 11.4 Å². The Labute approximate surface area is 94.4 Å². The molecule has 2 bridgehead atoms. The first-order valence-electron chi connectivity index (χ1n) is 6.00. The summed E-state index contributed by atoms with van der Waals surface area (Å²) in [5.74, 6) is -0.00780. The molecule has 0 unspecified atom stereocenters. The largest absolute Gasteiger partial charge is 0.341 e. The van der Waals surface area contributed by atoms with Gasteiger partial charge in [-0.05, 0) is 38.7 Å². The Morgan fingerprint density at radius 1 is 1.19 bits per heavy atom. The van der Waals surface area contributed by atoms with E-state index in [1.54, 1.807) is 0 Å². The van der Waals surface area contributed by atoms with Crippen molar-refractivity contribution in [1.29, 1.82) is 0 Å². The minimum Gasteiger partial charge on any atom is -0.341 e. The third-order valence-electron chi connectivity index (χ3n) is 3.96. The van der Waals surface area contributed by atoms with Crippen LogP contribution < -0.4 is 0 Å². The summed E-state index contributed by atoms with van der Waals surface area (Å²) in [6.45, 7) is 3.90. The zero-order valence-corrected chi connectivity index (χ0v) is 9.51. The molecule has 5 aliphatic rings. The molecular formula is C12H16O4. The van der Waals surface area contributed by atoms with E-state index >= 15 is 0 Å². The van der Waals surface area contributed by atoms with Crippen molar-refractivity contribution in [2.24, 2.45) is 5.92 Å². The molecule has 88 valence electrons. The molecule has 0 aromatic rings. The van der Waals surface area contributed by atoms with E-state index in [2.05, 4.69) is 12.2 Å². The van der Waals surface area contributed by atoms with Crippen LogP contribution in [0.2, 0.25) is 0 Å². The van der Waals surface area contributed by atoms with Crippen LogP contribution in [0.4, 0.5) is 0 Å². The predicted octanol–water partition coefficient (Wildman–Crippen LogP) is 1.56. The topological polar surface area (TPSA) is 36.9 Å². The van der Waals surface area contributed by atoms with E-state index in [4.69, 9.17) is 19.2 Å². The molecule has 3 fully saturated rings. The molecule has 2 saturated heterocycles. The first kappa shape index (κ1) is 9.59. The van der Waals surface area contributed by atoms with Crippen LogP contribution in [-0.4, -0.2) is 29.7 Å². The molecule has 1 saturated carbocycles. The normalized spacial score (nSPS) is 53.0. The third kappa shape index (κ3) is 1.08. The molecule has 0 aromatic carbocycles. The van der Waals surface area contributed by atoms with Crippen LogP contribution in [0, 0.1) is 5.92 Å². The summed E-state index contributed by atoms with van der Waals surface area (Å²) in [7, 11) is 0. The summed E-state index contributed by atoms with van der Waals surface area (Å²) in [6.07, 6.45) is 6.41. The number of ether oxygens (including phenoxy) is 2. The highest BCUT2D eigenvalue weighted by molar-refractivity contribution is 5.25. The van der Waals surface area contributed by atoms with Crippen molar-refractivity contribution >= 4 is 0 Å². The molecule has 4 heteroatoms. The van der Waals surface area contributed by atoms with Crippen LogP contribution in [0.3, 0.4) is 0 Å². The first-order valence-corrected chi connectivity index (χ1v) is 6.00. The predicted molar refractivity (Wildman–Crippen MR) is 54.4 cm³/mol. The average molecular weight is 224 g/mol. The van der Waals surface area contributed by atoms with E-state index in [1.807, 2.05) is 13.8 Å². The lowest BCUT2D eigenvalue weighted by Crippen LogP contribution is -2.61. The van der Waals surface area contributed by atoms with Crippen LogP contribution in [0.1, 0.15) is 26.7 Å². The standard InChI is InChI=1S/C12H16O4/c1-11(2)13-9-8-5-6-12(16-15-8,7-3-4-7)10(9)14-11/h5-10H,3-4H2,1-2H3/t8-,9+,10+,12-/m1/s1. The fourth-order valence-corrected chi connectivity index (χ4v) is 3.10. The quantitative estimate of drug-likeness (QED) is 0.500. The molecule has 0 aromatic heterocycles. The molecule has 3 heterocycles. The SMILES string of the molecule is CC1(C)O[C@H]2[C@H]3C=C[C@](C4CC4)(OO3)[C@H]2O1. The van der Waals surface area contributed by atoms with Crippen molar-refractivity contribution in [3.63, 3.8) is 0 Å². The van der Waals surface area contributed by atoms with E-state index in [-0.39, 0.29) is 18.3 Å². The smallest absolute Gasteiger partial charge is 0.164 e. The molecular weight excluding hydrogens is 208 g/mol. The van der Waals surface area contributed by atoms with Gasteiger partial charge >= 0.3 is 0 Å². The summed E-state index contributed by atoms with van der Waals surface area (Å²) in [4.78, 5) is 11.0. The third-order valence-corrected chi connectivity index (χ3v) is 3.96. The minimum absolute atomic E-state index is 0.0150. The lowest BCUT2D eigenvalue weighted by Gasteiger charge is -2.46. The maximum Gasteiger partial charge on any atom is 0.164 e. The molecule has 0 radical (unpaired) electrons. The summed E-state index contributed by atoms with van der Waals surface area (Å²) < 4.78 is 11.9. The Morgan fingerprint density at radius 2 is 2.00 bits per heavy atom. The second-order valence-corrected chi connectivity index (χ2v) is 5.65. The molecule has 16 heavy (non-hydrogen) atoms. The van der Waals surface area contributed by atoms with Gasteiger partial charge in [0.2, 0.25) is 0 Å². The molecule has 4 atom stereocenters. The Bertz CT molecular complexity index is 360. The van der Waals surface area contributed by atoms with Crippen LogP contribution in [-0.2, 0) is 19.2 Å². The van der Waals surface area contributed by atoms with E-state index in [0.717, 1.165) is 0 Å². The molecule has 0 N–H and O–H groups in total. The van der Waals surface area contributed by atoms with Gasteiger partial charge in [-0.2, -0.15) is 0 Å².